The Morgan fingerprint density at radius 3 is 2.80 bits per heavy atom. The molecule has 2 nitrogen and oxygen atoms in total. The van der Waals surface area contributed by atoms with Crippen LogP contribution in [0.3, 0.4) is 0 Å². The van der Waals surface area contributed by atoms with Crippen molar-refractivity contribution in [3.05, 3.63) is 59.4 Å². The molecule has 0 aliphatic carbocycles. The normalized spacial score (nSPS) is 15.2. The van der Waals surface area contributed by atoms with Crippen molar-refractivity contribution in [1.82, 2.24) is 0 Å². The van der Waals surface area contributed by atoms with Gasteiger partial charge in [-0.1, -0.05) is 31.2 Å². The van der Waals surface area contributed by atoms with E-state index in [-0.39, 0.29) is 11.9 Å². The van der Waals surface area contributed by atoms with Crippen molar-refractivity contribution in [2.24, 2.45) is 5.73 Å². The van der Waals surface area contributed by atoms with Crippen LogP contribution in [0.25, 0.3) is 0 Å². The first-order valence-electron chi connectivity index (χ1n) is 7.11. The molecule has 0 aromatic heterocycles. The first kappa shape index (κ1) is 13.1. The lowest BCUT2D eigenvalue weighted by atomic mass is 10.0. The molecule has 0 fully saturated rings. The summed E-state index contributed by atoms with van der Waals surface area (Å²) in [5.41, 5.74) is 10.6. The summed E-state index contributed by atoms with van der Waals surface area (Å²) in [6.45, 7) is 2.96. The Bertz CT molecular complexity index is 624. The van der Waals surface area contributed by atoms with Gasteiger partial charge in [-0.05, 0) is 42.2 Å². The Hall–Kier alpha value is -1.87. The van der Waals surface area contributed by atoms with Gasteiger partial charge in [0.15, 0.2) is 0 Å². The topological polar surface area (TPSA) is 29.3 Å². The summed E-state index contributed by atoms with van der Waals surface area (Å²) >= 11 is 0. The van der Waals surface area contributed by atoms with Crippen LogP contribution in [0.4, 0.5) is 15.8 Å². The number of hydrogen-bond acceptors (Lipinski definition) is 2. The molecule has 104 valence electrons. The quantitative estimate of drug-likeness (QED) is 0.915. The lowest BCUT2D eigenvalue weighted by Gasteiger charge is -2.25. The fourth-order valence-electron chi connectivity index (χ4n) is 2.87. The van der Waals surface area contributed by atoms with Gasteiger partial charge in [0, 0.05) is 24.0 Å². The number of hydrogen-bond donors (Lipinski definition) is 1. The highest BCUT2D eigenvalue weighted by atomic mass is 19.1. The third kappa shape index (κ3) is 2.18. The van der Waals surface area contributed by atoms with Gasteiger partial charge >= 0.3 is 0 Å². The predicted molar refractivity (Wildman–Crippen MR) is 80.8 cm³/mol. The second-order valence-corrected chi connectivity index (χ2v) is 5.25. The van der Waals surface area contributed by atoms with Gasteiger partial charge in [0.25, 0.3) is 0 Å². The summed E-state index contributed by atoms with van der Waals surface area (Å²) < 4.78 is 13.5. The number of anilines is 2. The Balaban J connectivity index is 2.06. The lowest BCUT2D eigenvalue weighted by molar-refractivity contribution is 0.628. The number of nitrogens with two attached hydrogens (primary N) is 1. The number of fused-ring (bicyclic) bond motifs is 1. The zero-order valence-corrected chi connectivity index (χ0v) is 11.6. The zero-order chi connectivity index (χ0) is 14.1. The fraction of sp³-hybridized carbons (Fsp3) is 0.294. The first-order chi connectivity index (χ1) is 9.70. The lowest BCUT2D eigenvalue weighted by Crippen LogP contribution is -2.19. The predicted octanol–water partition coefficient (Wildman–Crippen LogP) is 3.93. The monoisotopic (exact) mass is 270 g/mol. The molecule has 1 heterocycles. The van der Waals surface area contributed by atoms with Crippen LogP contribution in [0.5, 0.6) is 0 Å². The van der Waals surface area contributed by atoms with Crippen molar-refractivity contribution in [3.63, 3.8) is 0 Å². The molecule has 1 aliphatic heterocycles. The van der Waals surface area contributed by atoms with E-state index in [0.717, 1.165) is 36.3 Å². The average Bonchev–Trinajstić information content (AvgIpc) is 2.89. The molecule has 3 heteroatoms. The van der Waals surface area contributed by atoms with Crippen molar-refractivity contribution in [3.8, 4) is 0 Å². The maximum atomic E-state index is 13.5. The minimum absolute atomic E-state index is 0.0174. The van der Waals surface area contributed by atoms with E-state index in [1.807, 2.05) is 18.2 Å². The van der Waals surface area contributed by atoms with E-state index in [4.69, 9.17) is 5.73 Å². The van der Waals surface area contributed by atoms with E-state index in [1.54, 1.807) is 6.07 Å². The van der Waals surface area contributed by atoms with Gasteiger partial charge in [-0.15, -0.1) is 0 Å². The highest BCUT2D eigenvalue weighted by Gasteiger charge is 2.23. The van der Waals surface area contributed by atoms with E-state index < -0.39 is 0 Å². The molecule has 0 saturated carbocycles. The molecular weight excluding hydrogens is 251 g/mol. The molecular formula is C17H19FN2. The first-order valence-corrected chi connectivity index (χ1v) is 7.11. The highest BCUT2D eigenvalue weighted by Crippen LogP contribution is 2.38. The Morgan fingerprint density at radius 2 is 2.00 bits per heavy atom. The molecule has 3 rings (SSSR count). The van der Waals surface area contributed by atoms with E-state index >= 15 is 0 Å². The number of benzene rings is 2. The Morgan fingerprint density at radius 1 is 1.20 bits per heavy atom. The molecule has 20 heavy (non-hydrogen) atoms. The third-order valence-electron chi connectivity index (χ3n) is 4.01. The van der Waals surface area contributed by atoms with Crippen LogP contribution < -0.4 is 10.6 Å². The fourth-order valence-corrected chi connectivity index (χ4v) is 2.87. The molecule has 1 atom stereocenters. The summed E-state index contributed by atoms with van der Waals surface area (Å²) in [4.78, 5) is 2.18. The van der Waals surface area contributed by atoms with Crippen molar-refractivity contribution in [1.29, 1.82) is 0 Å². The van der Waals surface area contributed by atoms with Crippen LogP contribution in [0.15, 0.2) is 42.5 Å². The van der Waals surface area contributed by atoms with Crippen LogP contribution in [0.1, 0.15) is 30.5 Å². The highest BCUT2D eigenvalue weighted by molar-refractivity contribution is 5.72. The molecule has 2 aromatic carbocycles. The number of rotatable bonds is 3. The van der Waals surface area contributed by atoms with E-state index in [2.05, 4.69) is 24.0 Å². The molecule has 0 spiro atoms. The van der Waals surface area contributed by atoms with Gasteiger partial charge < -0.3 is 10.6 Å². The molecule has 1 aliphatic rings. The summed E-state index contributed by atoms with van der Waals surface area (Å²) in [7, 11) is 0. The SMILES string of the molecule is CCC(N)c1ccccc1N1CCc2ccc(F)cc21. The molecule has 0 amide bonds. The van der Waals surface area contributed by atoms with Crippen LogP contribution in [0.2, 0.25) is 0 Å². The Kier molecular flexibility index (Phi) is 3.45. The van der Waals surface area contributed by atoms with Gasteiger partial charge in [-0.2, -0.15) is 0 Å². The zero-order valence-electron chi connectivity index (χ0n) is 11.6. The molecule has 0 saturated heterocycles. The van der Waals surface area contributed by atoms with Crippen LogP contribution in [0, 0.1) is 5.82 Å². The van der Waals surface area contributed by atoms with E-state index in [0.29, 0.717) is 0 Å². The minimum atomic E-state index is -0.187. The second kappa shape index (κ2) is 5.25. The van der Waals surface area contributed by atoms with Crippen molar-refractivity contribution in [2.75, 3.05) is 11.4 Å². The van der Waals surface area contributed by atoms with Gasteiger partial charge in [0.1, 0.15) is 5.82 Å². The van der Waals surface area contributed by atoms with Crippen molar-refractivity contribution < 1.29 is 4.39 Å². The van der Waals surface area contributed by atoms with Crippen molar-refractivity contribution >= 4 is 11.4 Å². The summed E-state index contributed by atoms with van der Waals surface area (Å²) in [5.74, 6) is -0.187. The van der Waals surface area contributed by atoms with Crippen LogP contribution in [-0.2, 0) is 6.42 Å². The summed E-state index contributed by atoms with van der Waals surface area (Å²) in [5, 5.41) is 0. The largest absolute Gasteiger partial charge is 0.341 e. The number of halogens is 1. The van der Waals surface area contributed by atoms with Gasteiger partial charge in [-0.25, -0.2) is 4.39 Å². The maximum absolute atomic E-state index is 13.5. The second-order valence-electron chi connectivity index (χ2n) is 5.25. The minimum Gasteiger partial charge on any atom is -0.341 e. The number of nitrogens with zero attached hydrogens (tertiary/aromatic N) is 1. The molecule has 2 N–H and O–H groups in total. The molecule has 0 radical (unpaired) electrons. The van der Waals surface area contributed by atoms with Gasteiger partial charge in [0.2, 0.25) is 0 Å². The summed E-state index contributed by atoms with van der Waals surface area (Å²) in [6.07, 6.45) is 1.84. The molecule has 1 unspecified atom stereocenters. The standard InChI is InChI=1S/C17H19FN2/c1-2-15(19)14-5-3-4-6-16(14)20-10-9-12-7-8-13(18)11-17(12)20/h3-8,11,15H,2,9-10,19H2,1H3. The Labute approximate surface area is 119 Å². The summed E-state index contributed by atoms with van der Waals surface area (Å²) in [6, 6.07) is 13.2. The third-order valence-corrected chi connectivity index (χ3v) is 4.01. The molecule has 2 aromatic rings. The van der Waals surface area contributed by atoms with E-state index in [1.165, 1.54) is 11.6 Å². The van der Waals surface area contributed by atoms with E-state index in [9.17, 15) is 4.39 Å². The van der Waals surface area contributed by atoms with Crippen molar-refractivity contribution in [2.45, 2.75) is 25.8 Å². The maximum Gasteiger partial charge on any atom is 0.125 e. The average molecular weight is 270 g/mol. The smallest absolute Gasteiger partial charge is 0.125 e. The van der Waals surface area contributed by atoms with Crippen LogP contribution >= 0.6 is 0 Å². The number of para-hydroxylation sites is 1. The molecule has 0 bridgehead atoms. The van der Waals surface area contributed by atoms with Gasteiger partial charge in [-0.3, -0.25) is 0 Å². The van der Waals surface area contributed by atoms with Gasteiger partial charge in [0.05, 0.1) is 0 Å². The van der Waals surface area contributed by atoms with Crippen LogP contribution in [-0.4, -0.2) is 6.54 Å².